The molecule has 1 aromatic rings. The van der Waals surface area contributed by atoms with E-state index in [1.807, 2.05) is 6.92 Å². The normalized spacial score (nSPS) is 12.3. The highest BCUT2D eigenvalue weighted by Crippen LogP contribution is 2.11. The van der Waals surface area contributed by atoms with Gasteiger partial charge in [-0.2, -0.15) is 4.98 Å². The molecule has 0 amide bonds. The number of hydrazine groups is 1. The molecule has 1 unspecified atom stereocenters. The van der Waals surface area contributed by atoms with Gasteiger partial charge in [0.05, 0.1) is 6.10 Å². The van der Waals surface area contributed by atoms with Crippen LogP contribution in [0.3, 0.4) is 0 Å². The van der Waals surface area contributed by atoms with Crippen molar-refractivity contribution in [1.29, 1.82) is 0 Å². The van der Waals surface area contributed by atoms with Gasteiger partial charge in [0.2, 0.25) is 5.95 Å². The van der Waals surface area contributed by atoms with E-state index >= 15 is 0 Å². The third-order valence-corrected chi connectivity index (χ3v) is 1.96. The number of nitrogens with two attached hydrogens (primary N) is 1. The van der Waals surface area contributed by atoms with Crippen molar-refractivity contribution < 1.29 is 5.11 Å². The molecule has 84 valence electrons. The van der Waals surface area contributed by atoms with E-state index in [9.17, 15) is 0 Å². The van der Waals surface area contributed by atoms with Crippen molar-refractivity contribution in [2.75, 3.05) is 17.3 Å². The summed E-state index contributed by atoms with van der Waals surface area (Å²) in [4.78, 5) is 8.11. The van der Waals surface area contributed by atoms with E-state index in [1.54, 1.807) is 13.1 Å². The molecule has 6 heteroatoms. The van der Waals surface area contributed by atoms with E-state index in [2.05, 4.69) is 20.7 Å². The molecule has 0 fully saturated rings. The van der Waals surface area contributed by atoms with Crippen LogP contribution < -0.4 is 16.6 Å². The van der Waals surface area contributed by atoms with Gasteiger partial charge >= 0.3 is 0 Å². The van der Waals surface area contributed by atoms with Gasteiger partial charge in [-0.25, -0.2) is 10.8 Å². The minimum Gasteiger partial charge on any atom is -0.393 e. The summed E-state index contributed by atoms with van der Waals surface area (Å²) >= 11 is 0. The van der Waals surface area contributed by atoms with Crippen molar-refractivity contribution in [1.82, 2.24) is 9.97 Å². The highest BCUT2D eigenvalue weighted by atomic mass is 16.3. The molecule has 0 aromatic carbocycles. The molecular formula is C9H17N5O. The van der Waals surface area contributed by atoms with Crippen LogP contribution in [-0.2, 0) is 0 Å². The second kappa shape index (κ2) is 5.47. The summed E-state index contributed by atoms with van der Waals surface area (Å²) in [6, 6.07) is 0. The number of nitrogens with zero attached hydrogens (tertiary/aromatic N) is 2. The predicted molar refractivity (Wildman–Crippen MR) is 59.4 cm³/mol. The minimum absolute atomic E-state index is 0.313. The zero-order valence-electron chi connectivity index (χ0n) is 8.99. The van der Waals surface area contributed by atoms with E-state index in [0.717, 1.165) is 11.4 Å². The smallest absolute Gasteiger partial charge is 0.239 e. The molecule has 0 aliphatic carbocycles. The summed E-state index contributed by atoms with van der Waals surface area (Å²) in [7, 11) is 0. The molecule has 6 nitrogen and oxygen atoms in total. The second-order valence-electron chi connectivity index (χ2n) is 3.43. The Kier molecular flexibility index (Phi) is 4.26. The lowest BCUT2D eigenvalue weighted by Crippen LogP contribution is -2.14. The Bertz CT molecular complexity index is 315. The van der Waals surface area contributed by atoms with Gasteiger partial charge < -0.3 is 10.4 Å². The Morgan fingerprint density at radius 2 is 2.33 bits per heavy atom. The van der Waals surface area contributed by atoms with E-state index in [-0.39, 0.29) is 6.10 Å². The number of hydrogen-bond donors (Lipinski definition) is 4. The molecule has 0 bridgehead atoms. The number of nitrogen functional groups attached to an aromatic ring is 1. The van der Waals surface area contributed by atoms with Crippen molar-refractivity contribution >= 4 is 11.8 Å². The second-order valence-corrected chi connectivity index (χ2v) is 3.43. The third-order valence-electron chi connectivity index (χ3n) is 1.96. The molecule has 1 aromatic heterocycles. The fraction of sp³-hybridized carbons (Fsp3) is 0.556. The van der Waals surface area contributed by atoms with Crippen LogP contribution in [0.4, 0.5) is 11.8 Å². The Morgan fingerprint density at radius 3 is 2.93 bits per heavy atom. The zero-order chi connectivity index (χ0) is 11.3. The van der Waals surface area contributed by atoms with Gasteiger partial charge in [-0.15, -0.1) is 0 Å². The molecule has 0 radical (unpaired) electrons. The first-order chi connectivity index (χ1) is 7.13. The summed E-state index contributed by atoms with van der Waals surface area (Å²) in [5.41, 5.74) is 3.33. The van der Waals surface area contributed by atoms with E-state index in [1.165, 1.54) is 0 Å². The quantitative estimate of drug-likeness (QED) is 0.412. The van der Waals surface area contributed by atoms with E-state index in [0.29, 0.717) is 18.9 Å². The Balaban J connectivity index is 2.59. The molecule has 0 aliphatic heterocycles. The summed E-state index contributed by atoms with van der Waals surface area (Å²) in [6.45, 7) is 4.33. The molecule has 5 N–H and O–H groups in total. The number of hydrogen-bond acceptors (Lipinski definition) is 6. The SMILES string of the molecule is Cc1cnc(NN)nc1NCCC(C)O. The molecular weight excluding hydrogens is 194 g/mol. The maximum absolute atomic E-state index is 9.10. The fourth-order valence-corrected chi connectivity index (χ4v) is 1.09. The molecule has 0 aliphatic rings. The number of nitrogens with one attached hydrogen (secondary N) is 2. The number of aliphatic hydroxyl groups is 1. The van der Waals surface area contributed by atoms with Gasteiger partial charge in [0, 0.05) is 18.3 Å². The lowest BCUT2D eigenvalue weighted by molar-refractivity contribution is 0.188. The van der Waals surface area contributed by atoms with Crippen LogP contribution >= 0.6 is 0 Å². The van der Waals surface area contributed by atoms with Crippen LogP contribution in [0.5, 0.6) is 0 Å². The predicted octanol–water partition coefficient (Wildman–Crippen LogP) is 0.253. The molecule has 0 spiro atoms. The molecule has 1 heterocycles. The standard InChI is InChI=1S/C9H17N5O/c1-6-5-12-9(14-10)13-8(6)11-4-3-7(2)15/h5,7,15H,3-4,10H2,1-2H3,(H2,11,12,13,14). The third kappa shape index (κ3) is 3.69. The minimum atomic E-state index is -0.313. The van der Waals surface area contributed by atoms with Crippen LogP contribution in [0.1, 0.15) is 18.9 Å². The first kappa shape index (κ1) is 11.7. The fourth-order valence-electron chi connectivity index (χ4n) is 1.09. The summed E-state index contributed by atoms with van der Waals surface area (Å²) in [5.74, 6) is 6.31. The topological polar surface area (TPSA) is 96.1 Å². The number of aliphatic hydroxyl groups excluding tert-OH is 1. The average molecular weight is 211 g/mol. The number of anilines is 2. The van der Waals surface area contributed by atoms with Crippen LogP contribution in [0.15, 0.2) is 6.20 Å². The Labute approximate surface area is 88.9 Å². The van der Waals surface area contributed by atoms with E-state index < -0.39 is 0 Å². The highest BCUT2D eigenvalue weighted by Gasteiger charge is 2.02. The van der Waals surface area contributed by atoms with Gasteiger partial charge in [0.15, 0.2) is 0 Å². The monoisotopic (exact) mass is 211 g/mol. The molecule has 0 saturated heterocycles. The van der Waals surface area contributed by atoms with Gasteiger partial charge in [-0.3, -0.25) is 5.43 Å². The van der Waals surface area contributed by atoms with Crippen molar-refractivity contribution in [3.63, 3.8) is 0 Å². The van der Waals surface area contributed by atoms with Crippen LogP contribution in [0, 0.1) is 6.92 Å². The molecule has 1 atom stereocenters. The average Bonchev–Trinajstić information content (AvgIpc) is 2.20. The maximum atomic E-state index is 9.10. The van der Waals surface area contributed by atoms with Gasteiger partial charge in [-0.1, -0.05) is 0 Å². The van der Waals surface area contributed by atoms with E-state index in [4.69, 9.17) is 10.9 Å². The molecule has 15 heavy (non-hydrogen) atoms. The largest absolute Gasteiger partial charge is 0.393 e. The molecule has 0 saturated carbocycles. The van der Waals surface area contributed by atoms with Gasteiger partial charge in [-0.05, 0) is 20.3 Å². The Hall–Kier alpha value is -1.40. The summed E-state index contributed by atoms with van der Waals surface area (Å²) in [5, 5.41) is 12.2. The van der Waals surface area contributed by atoms with Gasteiger partial charge in [0.1, 0.15) is 5.82 Å². The maximum Gasteiger partial charge on any atom is 0.239 e. The summed E-state index contributed by atoms with van der Waals surface area (Å²) in [6.07, 6.45) is 2.05. The van der Waals surface area contributed by atoms with Crippen molar-refractivity contribution in [3.8, 4) is 0 Å². The lowest BCUT2D eigenvalue weighted by Gasteiger charge is -2.10. The Morgan fingerprint density at radius 1 is 1.60 bits per heavy atom. The molecule has 1 rings (SSSR count). The lowest BCUT2D eigenvalue weighted by atomic mass is 10.3. The number of aryl methyl sites for hydroxylation is 1. The first-order valence-corrected chi connectivity index (χ1v) is 4.85. The number of rotatable bonds is 5. The number of aromatic nitrogens is 2. The zero-order valence-corrected chi connectivity index (χ0v) is 8.99. The van der Waals surface area contributed by atoms with Crippen molar-refractivity contribution in [2.45, 2.75) is 26.4 Å². The van der Waals surface area contributed by atoms with Gasteiger partial charge in [0.25, 0.3) is 0 Å². The van der Waals surface area contributed by atoms with Crippen LogP contribution in [0.2, 0.25) is 0 Å². The first-order valence-electron chi connectivity index (χ1n) is 4.85. The van der Waals surface area contributed by atoms with Crippen LogP contribution in [-0.4, -0.2) is 27.7 Å². The van der Waals surface area contributed by atoms with Crippen molar-refractivity contribution in [3.05, 3.63) is 11.8 Å². The highest BCUT2D eigenvalue weighted by molar-refractivity contribution is 5.45. The summed E-state index contributed by atoms with van der Waals surface area (Å²) < 4.78 is 0. The van der Waals surface area contributed by atoms with Crippen molar-refractivity contribution in [2.24, 2.45) is 5.84 Å². The van der Waals surface area contributed by atoms with Crippen LogP contribution in [0.25, 0.3) is 0 Å².